The highest BCUT2D eigenvalue weighted by atomic mass is 35.5. The third kappa shape index (κ3) is 7.52. The summed E-state index contributed by atoms with van der Waals surface area (Å²) in [6, 6.07) is 4.46. The molecule has 0 bridgehead atoms. The molecule has 24 heavy (non-hydrogen) atoms. The van der Waals surface area contributed by atoms with E-state index in [0.29, 0.717) is 36.1 Å². The number of amides is 2. The van der Waals surface area contributed by atoms with Gasteiger partial charge in [0.05, 0.1) is 11.6 Å². The number of carbonyl (C=O) groups is 2. The van der Waals surface area contributed by atoms with Crippen molar-refractivity contribution in [1.29, 1.82) is 0 Å². The highest BCUT2D eigenvalue weighted by Gasteiger charge is 2.21. The smallest absolute Gasteiger partial charge is 0.319 e. The van der Waals surface area contributed by atoms with Crippen LogP contribution >= 0.6 is 11.6 Å². The number of carbonyl (C=O) groups excluding carboxylic acids is 1. The fourth-order valence-electron chi connectivity index (χ4n) is 1.88. The first-order chi connectivity index (χ1) is 11.2. The third-order valence-corrected chi connectivity index (χ3v) is 3.45. The van der Waals surface area contributed by atoms with Gasteiger partial charge in [-0.05, 0) is 38.5 Å². The van der Waals surface area contributed by atoms with E-state index in [-0.39, 0.29) is 6.42 Å². The Balaban J connectivity index is 2.57. The zero-order valence-corrected chi connectivity index (χ0v) is 14.8. The second-order valence-electron chi connectivity index (χ2n) is 5.84. The van der Waals surface area contributed by atoms with Crippen LogP contribution in [0, 0.1) is 0 Å². The van der Waals surface area contributed by atoms with Crippen molar-refractivity contribution < 1.29 is 24.2 Å². The molecule has 7 nitrogen and oxygen atoms in total. The summed E-state index contributed by atoms with van der Waals surface area (Å²) in [5.41, 5.74) is -0.138. The van der Waals surface area contributed by atoms with E-state index in [4.69, 9.17) is 26.2 Å². The first-order valence-electron chi connectivity index (χ1n) is 7.46. The number of aliphatic carboxylic acids is 1. The van der Waals surface area contributed by atoms with Crippen molar-refractivity contribution in [3.8, 4) is 5.75 Å². The number of benzene rings is 1. The lowest BCUT2D eigenvalue weighted by Crippen LogP contribution is -2.45. The Morgan fingerprint density at radius 3 is 2.58 bits per heavy atom. The van der Waals surface area contributed by atoms with Crippen molar-refractivity contribution in [2.24, 2.45) is 0 Å². The maximum absolute atomic E-state index is 12.0. The molecule has 2 amide bonds. The van der Waals surface area contributed by atoms with Crippen LogP contribution in [0.1, 0.15) is 26.7 Å². The number of rotatable bonds is 9. The van der Waals surface area contributed by atoms with E-state index in [0.717, 1.165) is 0 Å². The normalized spacial score (nSPS) is 11.0. The SMILES string of the molecule is COCCOc1ccc(NC(=O)NC(C)(C)CCC(=O)O)cc1Cl. The third-order valence-electron chi connectivity index (χ3n) is 3.15. The number of carboxylic acid groups (broad SMARTS) is 1. The molecule has 1 aromatic carbocycles. The van der Waals surface area contributed by atoms with Gasteiger partial charge in [0.15, 0.2) is 0 Å². The van der Waals surface area contributed by atoms with Crippen LogP contribution < -0.4 is 15.4 Å². The molecule has 134 valence electrons. The predicted molar refractivity (Wildman–Crippen MR) is 91.9 cm³/mol. The van der Waals surface area contributed by atoms with Crippen molar-refractivity contribution in [2.45, 2.75) is 32.2 Å². The molecule has 3 N–H and O–H groups in total. The van der Waals surface area contributed by atoms with E-state index in [2.05, 4.69) is 10.6 Å². The molecule has 0 aliphatic heterocycles. The summed E-state index contributed by atoms with van der Waals surface area (Å²) >= 11 is 6.11. The van der Waals surface area contributed by atoms with Crippen LogP contribution in [-0.2, 0) is 9.53 Å². The van der Waals surface area contributed by atoms with Gasteiger partial charge in [0, 0.05) is 24.8 Å². The molecule has 0 aliphatic carbocycles. The molecule has 0 fully saturated rings. The van der Waals surface area contributed by atoms with E-state index < -0.39 is 17.5 Å². The summed E-state index contributed by atoms with van der Waals surface area (Å²) in [6.07, 6.45) is 0.301. The molecule has 0 saturated heterocycles. The van der Waals surface area contributed by atoms with Crippen molar-refractivity contribution in [3.05, 3.63) is 23.2 Å². The van der Waals surface area contributed by atoms with Gasteiger partial charge in [-0.25, -0.2) is 4.79 Å². The van der Waals surface area contributed by atoms with E-state index in [9.17, 15) is 9.59 Å². The first kappa shape index (κ1) is 20.1. The molecule has 0 unspecified atom stereocenters. The van der Waals surface area contributed by atoms with Crippen molar-refractivity contribution in [1.82, 2.24) is 5.32 Å². The fraction of sp³-hybridized carbons (Fsp3) is 0.500. The van der Waals surface area contributed by atoms with Gasteiger partial charge in [0.1, 0.15) is 12.4 Å². The number of hydrogen-bond donors (Lipinski definition) is 3. The molecule has 0 spiro atoms. The van der Waals surface area contributed by atoms with E-state index >= 15 is 0 Å². The average molecular weight is 359 g/mol. The van der Waals surface area contributed by atoms with Crippen molar-refractivity contribution >= 4 is 29.3 Å². The van der Waals surface area contributed by atoms with E-state index in [1.54, 1.807) is 39.2 Å². The molecular formula is C16H23ClN2O5. The van der Waals surface area contributed by atoms with Gasteiger partial charge in [-0.2, -0.15) is 0 Å². The number of urea groups is 1. The summed E-state index contributed by atoms with van der Waals surface area (Å²) in [7, 11) is 1.58. The number of halogens is 1. The second kappa shape index (κ2) is 9.34. The molecule has 0 aromatic heterocycles. The van der Waals surface area contributed by atoms with E-state index in [1.165, 1.54) is 0 Å². The minimum absolute atomic E-state index is 0.0212. The monoisotopic (exact) mass is 358 g/mol. The van der Waals surface area contributed by atoms with Crippen LogP contribution in [0.15, 0.2) is 18.2 Å². The Labute approximate surface area is 146 Å². The van der Waals surface area contributed by atoms with Crippen LogP contribution in [0.4, 0.5) is 10.5 Å². The molecule has 1 rings (SSSR count). The molecule has 0 aliphatic rings. The Bertz CT molecular complexity index is 578. The van der Waals surface area contributed by atoms with Crippen molar-refractivity contribution in [3.63, 3.8) is 0 Å². The molecule has 0 heterocycles. The number of hydrogen-bond acceptors (Lipinski definition) is 4. The molecule has 0 saturated carbocycles. The van der Waals surface area contributed by atoms with Crippen LogP contribution in [0.5, 0.6) is 5.75 Å². The van der Waals surface area contributed by atoms with Crippen LogP contribution in [-0.4, -0.2) is 43.0 Å². The van der Waals surface area contributed by atoms with Gasteiger partial charge in [0.2, 0.25) is 0 Å². The lowest BCUT2D eigenvalue weighted by Gasteiger charge is -2.25. The van der Waals surface area contributed by atoms with Gasteiger partial charge in [0.25, 0.3) is 0 Å². The summed E-state index contributed by atoms with van der Waals surface area (Å²) in [4.78, 5) is 22.6. The number of methoxy groups -OCH3 is 1. The second-order valence-corrected chi connectivity index (χ2v) is 6.25. The summed E-state index contributed by atoms with van der Waals surface area (Å²) in [5.74, 6) is -0.400. The van der Waals surface area contributed by atoms with Gasteiger partial charge in [-0.3, -0.25) is 4.79 Å². The van der Waals surface area contributed by atoms with Gasteiger partial charge in [-0.1, -0.05) is 11.6 Å². The molecule has 1 aromatic rings. The molecule has 0 radical (unpaired) electrons. The highest BCUT2D eigenvalue weighted by molar-refractivity contribution is 6.32. The Morgan fingerprint density at radius 2 is 2.00 bits per heavy atom. The van der Waals surface area contributed by atoms with Gasteiger partial charge < -0.3 is 25.2 Å². The summed E-state index contributed by atoms with van der Waals surface area (Å²) < 4.78 is 10.3. The Hall–Kier alpha value is -1.99. The van der Waals surface area contributed by atoms with Crippen molar-refractivity contribution in [2.75, 3.05) is 25.6 Å². The van der Waals surface area contributed by atoms with E-state index in [1.807, 2.05) is 0 Å². The predicted octanol–water partition coefficient (Wildman–Crippen LogP) is 3.13. The topological polar surface area (TPSA) is 96.9 Å². The minimum Gasteiger partial charge on any atom is -0.490 e. The number of nitrogens with one attached hydrogen (secondary N) is 2. The minimum atomic E-state index is -0.902. The maximum Gasteiger partial charge on any atom is 0.319 e. The molecule has 8 heteroatoms. The average Bonchev–Trinajstić information content (AvgIpc) is 2.47. The van der Waals surface area contributed by atoms with Crippen LogP contribution in [0.25, 0.3) is 0 Å². The first-order valence-corrected chi connectivity index (χ1v) is 7.83. The Kier molecular flexibility index (Phi) is 7.81. The lowest BCUT2D eigenvalue weighted by atomic mass is 9.99. The van der Waals surface area contributed by atoms with Gasteiger partial charge >= 0.3 is 12.0 Å². The van der Waals surface area contributed by atoms with Crippen LogP contribution in [0.3, 0.4) is 0 Å². The van der Waals surface area contributed by atoms with Crippen LogP contribution in [0.2, 0.25) is 5.02 Å². The lowest BCUT2D eigenvalue weighted by molar-refractivity contribution is -0.137. The number of carboxylic acids is 1. The van der Waals surface area contributed by atoms with Gasteiger partial charge in [-0.15, -0.1) is 0 Å². The maximum atomic E-state index is 12.0. The highest BCUT2D eigenvalue weighted by Crippen LogP contribution is 2.27. The Morgan fingerprint density at radius 1 is 1.29 bits per heavy atom. The largest absolute Gasteiger partial charge is 0.490 e. The summed E-state index contributed by atoms with van der Waals surface area (Å²) in [6.45, 7) is 4.34. The quantitative estimate of drug-likeness (QED) is 0.589. The fourth-order valence-corrected chi connectivity index (χ4v) is 2.12. The summed E-state index contributed by atoms with van der Waals surface area (Å²) in [5, 5.41) is 14.5. The number of anilines is 1. The number of ether oxygens (including phenoxy) is 2. The standard InChI is InChI=1S/C16H23ClN2O5/c1-16(2,7-6-14(20)21)19-15(22)18-11-4-5-13(12(17)10-11)24-9-8-23-3/h4-5,10H,6-9H2,1-3H3,(H,20,21)(H2,18,19,22). The zero-order chi connectivity index (χ0) is 18.2. The molecule has 0 atom stereocenters. The molecular weight excluding hydrogens is 336 g/mol. The zero-order valence-electron chi connectivity index (χ0n) is 14.0.